The first-order chi connectivity index (χ1) is 10.9. The molecule has 0 aliphatic carbocycles. The Labute approximate surface area is 143 Å². The number of nitrogens with one attached hydrogen (secondary N) is 1. The lowest BCUT2D eigenvalue weighted by molar-refractivity contribution is -0.118. The third-order valence-corrected chi connectivity index (χ3v) is 5.37. The zero-order valence-corrected chi connectivity index (χ0v) is 14.9. The molecular formula is C16H16BrNO4S. The molecule has 0 bridgehead atoms. The van der Waals surface area contributed by atoms with Crippen LogP contribution in [0.25, 0.3) is 0 Å². The summed E-state index contributed by atoms with van der Waals surface area (Å²) in [6, 6.07) is 13.4. The van der Waals surface area contributed by atoms with Crippen LogP contribution in [0.15, 0.2) is 57.9 Å². The second-order valence-corrected chi connectivity index (χ2v) is 7.85. The average Bonchev–Trinajstić information content (AvgIpc) is 2.55. The van der Waals surface area contributed by atoms with Crippen molar-refractivity contribution in [1.29, 1.82) is 0 Å². The van der Waals surface area contributed by atoms with Crippen LogP contribution < -0.4 is 10.1 Å². The minimum Gasteiger partial charge on any atom is -0.484 e. The number of carbonyl (C=O) groups is 1. The zero-order chi connectivity index (χ0) is 16.9. The average molecular weight is 398 g/mol. The van der Waals surface area contributed by atoms with Gasteiger partial charge in [-0.25, -0.2) is 8.42 Å². The minimum atomic E-state index is -3.41. The summed E-state index contributed by atoms with van der Waals surface area (Å²) in [7, 11) is -3.41. The van der Waals surface area contributed by atoms with E-state index in [1.807, 2.05) is 0 Å². The fraction of sp³-hybridized carbons (Fsp3) is 0.188. The Morgan fingerprint density at radius 3 is 2.43 bits per heavy atom. The molecule has 0 fully saturated rings. The van der Waals surface area contributed by atoms with Crippen molar-refractivity contribution in [2.75, 3.05) is 17.7 Å². The summed E-state index contributed by atoms with van der Waals surface area (Å²) in [6.45, 7) is 1.35. The number of hydrogen-bond donors (Lipinski definition) is 1. The maximum absolute atomic E-state index is 12.0. The third kappa shape index (κ3) is 4.80. The normalized spacial score (nSPS) is 11.0. The molecule has 23 heavy (non-hydrogen) atoms. The number of anilines is 1. The first-order valence-corrected chi connectivity index (χ1v) is 9.37. The van der Waals surface area contributed by atoms with Crippen LogP contribution >= 0.6 is 15.9 Å². The van der Waals surface area contributed by atoms with Gasteiger partial charge in [0.1, 0.15) is 5.75 Å². The molecule has 0 spiro atoms. The molecule has 2 aromatic carbocycles. The Balaban J connectivity index is 2.05. The van der Waals surface area contributed by atoms with Gasteiger partial charge in [0, 0.05) is 4.47 Å². The highest BCUT2D eigenvalue weighted by Crippen LogP contribution is 2.22. The van der Waals surface area contributed by atoms with Gasteiger partial charge < -0.3 is 10.1 Å². The number of ether oxygens (including phenoxy) is 1. The molecule has 122 valence electrons. The summed E-state index contributed by atoms with van der Waals surface area (Å²) in [4.78, 5) is 12.1. The number of benzene rings is 2. The van der Waals surface area contributed by atoms with Gasteiger partial charge in [-0.1, -0.05) is 35.0 Å². The van der Waals surface area contributed by atoms with E-state index in [-0.39, 0.29) is 22.9 Å². The second kappa shape index (κ2) is 7.61. The van der Waals surface area contributed by atoms with Gasteiger partial charge in [-0.2, -0.15) is 0 Å². The number of para-hydroxylation sites is 1. The lowest BCUT2D eigenvalue weighted by Gasteiger charge is -2.11. The van der Waals surface area contributed by atoms with Crippen LogP contribution in [0.3, 0.4) is 0 Å². The van der Waals surface area contributed by atoms with Crippen molar-refractivity contribution < 1.29 is 17.9 Å². The van der Waals surface area contributed by atoms with Gasteiger partial charge in [-0.15, -0.1) is 0 Å². The van der Waals surface area contributed by atoms with E-state index < -0.39 is 15.7 Å². The van der Waals surface area contributed by atoms with Gasteiger partial charge in [-0.05, 0) is 36.4 Å². The fourth-order valence-corrected chi connectivity index (χ4v) is 3.18. The van der Waals surface area contributed by atoms with Crippen molar-refractivity contribution in [2.45, 2.75) is 11.8 Å². The van der Waals surface area contributed by atoms with Crippen molar-refractivity contribution in [3.63, 3.8) is 0 Å². The molecule has 0 aliphatic rings. The summed E-state index contributed by atoms with van der Waals surface area (Å²) < 4.78 is 30.3. The maximum atomic E-state index is 12.0. The highest BCUT2D eigenvalue weighted by Gasteiger charge is 2.17. The maximum Gasteiger partial charge on any atom is 0.262 e. The molecule has 0 saturated carbocycles. The predicted octanol–water partition coefficient (Wildman–Crippen LogP) is 3.26. The molecule has 0 radical (unpaired) electrons. The molecule has 0 aliphatic heterocycles. The van der Waals surface area contributed by atoms with Crippen LogP contribution in [0.2, 0.25) is 0 Å². The van der Waals surface area contributed by atoms with Gasteiger partial charge in [0.2, 0.25) is 0 Å². The predicted molar refractivity (Wildman–Crippen MR) is 92.4 cm³/mol. The van der Waals surface area contributed by atoms with Gasteiger partial charge in [0.25, 0.3) is 5.91 Å². The molecule has 0 atom stereocenters. The SMILES string of the molecule is CCS(=O)(=O)c1ccccc1NC(=O)COc1ccc(Br)cc1. The number of rotatable bonds is 6. The van der Waals surface area contributed by atoms with E-state index in [4.69, 9.17) is 4.74 Å². The van der Waals surface area contributed by atoms with E-state index in [0.29, 0.717) is 5.75 Å². The molecule has 5 nitrogen and oxygen atoms in total. The Hall–Kier alpha value is -1.86. The Morgan fingerprint density at radius 1 is 1.13 bits per heavy atom. The van der Waals surface area contributed by atoms with E-state index in [0.717, 1.165) is 4.47 Å². The summed E-state index contributed by atoms with van der Waals surface area (Å²) in [6.07, 6.45) is 0. The fourth-order valence-electron chi connectivity index (χ4n) is 1.86. The molecule has 0 saturated heterocycles. The van der Waals surface area contributed by atoms with Crippen molar-refractivity contribution >= 4 is 37.4 Å². The number of carbonyl (C=O) groups excluding carboxylic acids is 1. The summed E-state index contributed by atoms with van der Waals surface area (Å²) in [5.41, 5.74) is 0.263. The van der Waals surface area contributed by atoms with Crippen molar-refractivity contribution in [1.82, 2.24) is 0 Å². The van der Waals surface area contributed by atoms with Gasteiger partial charge in [-0.3, -0.25) is 4.79 Å². The van der Waals surface area contributed by atoms with Crippen molar-refractivity contribution in [3.05, 3.63) is 53.0 Å². The number of hydrogen-bond acceptors (Lipinski definition) is 4. The van der Waals surface area contributed by atoms with Crippen LogP contribution in [-0.4, -0.2) is 26.7 Å². The molecule has 0 unspecified atom stereocenters. The van der Waals surface area contributed by atoms with Gasteiger partial charge >= 0.3 is 0 Å². The quantitative estimate of drug-likeness (QED) is 0.811. The minimum absolute atomic E-state index is 0.0325. The highest BCUT2D eigenvalue weighted by molar-refractivity contribution is 9.10. The summed E-state index contributed by atoms with van der Waals surface area (Å²) in [5.74, 6) is 0.0967. The largest absolute Gasteiger partial charge is 0.484 e. The van der Waals surface area contributed by atoms with E-state index in [9.17, 15) is 13.2 Å². The molecule has 0 heterocycles. The lowest BCUT2D eigenvalue weighted by atomic mass is 10.3. The smallest absolute Gasteiger partial charge is 0.262 e. The zero-order valence-electron chi connectivity index (χ0n) is 12.5. The van der Waals surface area contributed by atoms with E-state index in [2.05, 4.69) is 21.2 Å². The number of sulfone groups is 1. The summed E-state index contributed by atoms with van der Waals surface area (Å²) in [5, 5.41) is 2.58. The van der Waals surface area contributed by atoms with Crippen LogP contribution in [0.1, 0.15) is 6.92 Å². The highest BCUT2D eigenvalue weighted by atomic mass is 79.9. The molecule has 1 N–H and O–H groups in total. The third-order valence-electron chi connectivity index (χ3n) is 3.06. The van der Waals surface area contributed by atoms with Gasteiger partial charge in [0.15, 0.2) is 16.4 Å². The number of amides is 1. The monoisotopic (exact) mass is 397 g/mol. The van der Waals surface area contributed by atoms with Crippen LogP contribution in [0.4, 0.5) is 5.69 Å². The first-order valence-electron chi connectivity index (χ1n) is 6.92. The summed E-state index contributed by atoms with van der Waals surface area (Å²) >= 11 is 3.31. The Morgan fingerprint density at radius 2 is 1.78 bits per heavy atom. The van der Waals surface area contributed by atoms with E-state index in [1.165, 1.54) is 6.07 Å². The van der Waals surface area contributed by atoms with Crippen LogP contribution in [0, 0.1) is 0 Å². The van der Waals surface area contributed by atoms with E-state index >= 15 is 0 Å². The van der Waals surface area contributed by atoms with Crippen LogP contribution in [0.5, 0.6) is 5.75 Å². The van der Waals surface area contributed by atoms with Crippen molar-refractivity contribution in [3.8, 4) is 5.75 Å². The molecule has 7 heteroatoms. The van der Waals surface area contributed by atoms with E-state index in [1.54, 1.807) is 49.4 Å². The molecule has 0 aromatic heterocycles. The first kappa shape index (κ1) is 17.5. The topological polar surface area (TPSA) is 72.5 Å². The Kier molecular flexibility index (Phi) is 5.79. The molecule has 1 amide bonds. The van der Waals surface area contributed by atoms with Crippen molar-refractivity contribution in [2.24, 2.45) is 0 Å². The second-order valence-electron chi connectivity index (χ2n) is 4.69. The molecule has 2 rings (SSSR count). The molecular weight excluding hydrogens is 382 g/mol. The van der Waals surface area contributed by atoms with Gasteiger partial charge in [0.05, 0.1) is 16.3 Å². The number of halogens is 1. The lowest BCUT2D eigenvalue weighted by Crippen LogP contribution is -2.21. The Bertz CT molecular complexity index is 788. The molecule has 2 aromatic rings. The van der Waals surface area contributed by atoms with Crippen LogP contribution in [-0.2, 0) is 14.6 Å². The standard InChI is InChI=1S/C16H16BrNO4S/c1-2-23(20,21)15-6-4-3-5-14(15)18-16(19)11-22-13-9-7-12(17)8-10-13/h3-10H,2,11H2,1H3,(H,18,19).